The number of nitrogens with zero attached hydrogens (tertiary/aromatic N) is 3. The molecule has 0 aromatic heterocycles. The van der Waals surface area contributed by atoms with Crippen LogP contribution in [0.5, 0.6) is 0 Å². The summed E-state index contributed by atoms with van der Waals surface area (Å²) in [7, 11) is 3.48. The van der Waals surface area contributed by atoms with Crippen molar-refractivity contribution in [1.29, 1.82) is 0 Å². The van der Waals surface area contributed by atoms with Crippen LogP contribution in [0.2, 0.25) is 0 Å². The monoisotopic (exact) mass is 404 g/mol. The molecule has 0 fully saturated rings. The number of hydrogen-bond donors (Lipinski definition) is 1. The number of rotatable bonds is 5. The molecule has 0 saturated carbocycles. The van der Waals surface area contributed by atoms with Gasteiger partial charge in [0.1, 0.15) is 0 Å². The van der Waals surface area contributed by atoms with Gasteiger partial charge in [-0.1, -0.05) is 12.1 Å². The van der Waals surface area contributed by atoms with E-state index in [1.165, 1.54) is 0 Å². The number of hydrogen-bond acceptors (Lipinski definition) is 2. The average Bonchev–Trinajstić information content (AvgIpc) is 2.46. The van der Waals surface area contributed by atoms with Crippen LogP contribution in [0.25, 0.3) is 0 Å². The normalized spacial score (nSPS) is 10.8. The lowest BCUT2D eigenvalue weighted by atomic mass is 10.1. The van der Waals surface area contributed by atoms with Crippen LogP contribution in [0.4, 0.5) is 0 Å². The maximum atomic E-state index is 11.8. The molecule has 0 saturated heterocycles. The Morgan fingerprint density at radius 3 is 2.10 bits per heavy atom. The van der Waals surface area contributed by atoms with E-state index in [-0.39, 0.29) is 29.9 Å². The van der Waals surface area contributed by atoms with Gasteiger partial charge in [-0.15, -0.1) is 24.0 Å². The zero-order chi connectivity index (χ0) is 15.1. The summed E-state index contributed by atoms with van der Waals surface area (Å²) in [6, 6.07) is 7.47. The SMILES string of the molecule is CCN(CC)C(N)=NCc1ccc(C(=O)N(C)C)cc1.I. The fourth-order valence-electron chi connectivity index (χ4n) is 1.83. The van der Waals surface area contributed by atoms with E-state index in [0.717, 1.165) is 18.7 Å². The molecule has 1 aromatic rings. The van der Waals surface area contributed by atoms with E-state index in [1.807, 2.05) is 43.0 Å². The molecular weight excluding hydrogens is 379 g/mol. The van der Waals surface area contributed by atoms with Crippen molar-refractivity contribution in [2.75, 3.05) is 27.2 Å². The van der Waals surface area contributed by atoms with E-state index in [2.05, 4.69) is 4.99 Å². The zero-order valence-corrected chi connectivity index (χ0v) is 15.5. The van der Waals surface area contributed by atoms with Gasteiger partial charge in [-0.25, -0.2) is 4.99 Å². The number of benzene rings is 1. The fraction of sp³-hybridized carbons (Fsp3) is 0.467. The minimum Gasteiger partial charge on any atom is -0.370 e. The maximum Gasteiger partial charge on any atom is 0.253 e. The largest absolute Gasteiger partial charge is 0.370 e. The van der Waals surface area contributed by atoms with Gasteiger partial charge in [0.15, 0.2) is 5.96 Å². The molecule has 1 rings (SSSR count). The molecule has 0 aliphatic rings. The standard InChI is InChI=1S/C15H24N4O.HI/c1-5-19(6-2)15(16)17-11-12-7-9-13(10-8-12)14(20)18(3)4;/h7-10H,5-6,11H2,1-4H3,(H2,16,17);1H. The van der Waals surface area contributed by atoms with Gasteiger partial charge in [-0.2, -0.15) is 0 Å². The van der Waals surface area contributed by atoms with Crippen LogP contribution >= 0.6 is 24.0 Å². The molecule has 0 aliphatic heterocycles. The molecule has 0 unspecified atom stereocenters. The van der Waals surface area contributed by atoms with Crippen molar-refractivity contribution in [3.8, 4) is 0 Å². The van der Waals surface area contributed by atoms with Crippen LogP contribution in [-0.4, -0.2) is 48.9 Å². The first-order valence-electron chi connectivity index (χ1n) is 6.85. The van der Waals surface area contributed by atoms with Crippen molar-refractivity contribution in [1.82, 2.24) is 9.80 Å². The lowest BCUT2D eigenvalue weighted by Gasteiger charge is -2.19. The Morgan fingerprint density at radius 1 is 1.14 bits per heavy atom. The molecule has 0 bridgehead atoms. The molecule has 0 radical (unpaired) electrons. The minimum absolute atomic E-state index is 0. The van der Waals surface area contributed by atoms with E-state index in [1.54, 1.807) is 19.0 Å². The Balaban J connectivity index is 0.00000400. The van der Waals surface area contributed by atoms with E-state index in [0.29, 0.717) is 18.1 Å². The number of amides is 1. The molecular formula is C15H25IN4O. The highest BCUT2D eigenvalue weighted by Gasteiger charge is 2.07. The summed E-state index contributed by atoms with van der Waals surface area (Å²) in [6.45, 7) is 6.32. The Hall–Kier alpha value is -1.31. The van der Waals surface area contributed by atoms with Gasteiger partial charge in [0.25, 0.3) is 5.91 Å². The first-order chi connectivity index (χ1) is 9.49. The third-order valence-corrected chi connectivity index (χ3v) is 3.12. The lowest BCUT2D eigenvalue weighted by molar-refractivity contribution is 0.0827. The fourth-order valence-corrected chi connectivity index (χ4v) is 1.83. The Kier molecular flexibility index (Phi) is 9.00. The number of halogens is 1. The van der Waals surface area contributed by atoms with Crippen molar-refractivity contribution in [2.45, 2.75) is 20.4 Å². The van der Waals surface area contributed by atoms with Gasteiger partial charge in [0, 0.05) is 32.7 Å². The van der Waals surface area contributed by atoms with E-state index >= 15 is 0 Å². The summed E-state index contributed by atoms with van der Waals surface area (Å²) >= 11 is 0. The van der Waals surface area contributed by atoms with Gasteiger partial charge in [-0.05, 0) is 31.5 Å². The second-order valence-corrected chi connectivity index (χ2v) is 4.74. The highest BCUT2D eigenvalue weighted by molar-refractivity contribution is 14.0. The Bertz CT molecular complexity index is 467. The molecule has 6 heteroatoms. The molecule has 0 atom stereocenters. The summed E-state index contributed by atoms with van der Waals surface area (Å²) in [6.07, 6.45) is 0. The lowest BCUT2D eigenvalue weighted by Crippen LogP contribution is -2.37. The molecule has 21 heavy (non-hydrogen) atoms. The molecule has 0 aliphatic carbocycles. The first-order valence-corrected chi connectivity index (χ1v) is 6.85. The predicted octanol–water partition coefficient (Wildman–Crippen LogP) is 2.16. The summed E-state index contributed by atoms with van der Waals surface area (Å²) in [5, 5.41) is 0. The molecule has 1 amide bonds. The summed E-state index contributed by atoms with van der Waals surface area (Å²) in [5.41, 5.74) is 7.64. The molecule has 118 valence electrons. The van der Waals surface area contributed by atoms with Crippen molar-refractivity contribution in [2.24, 2.45) is 10.7 Å². The second-order valence-electron chi connectivity index (χ2n) is 4.74. The highest BCUT2D eigenvalue weighted by atomic mass is 127. The third-order valence-electron chi connectivity index (χ3n) is 3.12. The van der Waals surface area contributed by atoms with Gasteiger partial charge in [-0.3, -0.25) is 4.79 Å². The number of guanidine groups is 1. The van der Waals surface area contributed by atoms with Crippen LogP contribution in [0, 0.1) is 0 Å². The van der Waals surface area contributed by atoms with Crippen LogP contribution in [0.1, 0.15) is 29.8 Å². The Labute approximate surface area is 144 Å². The topological polar surface area (TPSA) is 61.9 Å². The van der Waals surface area contributed by atoms with Gasteiger partial charge < -0.3 is 15.5 Å². The van der Waals surface area contributed by atoms with Crippen LogP contribution in [-0.2, 0) is 6.54 Å². The quantitative estimate of drug-likeness (QED) is 0.465. The number of nitrogens with two attached hydrogens (primary N) is 1. The van der Waals surface area contributed by atoms with E-state index in [4.69, 9.17) is 5.73 Å². The zero-order valence-electron chi connectivity index (χ0n) is 13.2. The van der Waals surface area contributed by atoms with E-state index in [9.17, 15) is 4.79 Å². The number of aliphatic imine (C=N–C) groups is 1. The summed E-state index contributed by atoms with van der Waals surface area (Å²) in [4.78, 5) is 19.7. The molecule has 5 nitrogen and oxygen atoms in total. The highest BCUT2D eigenvalue weighted by Crippen LogP contribution is 2.07. The molecule has 0 spiro atoms. The van der Waals surface area contributed by atoms with Crippen LogP contribution in [0.3, 0.4) is 0 Å². The minimum atomic E-state index is 0. The predicted molar refractivity (Wildman–Crippen MR) is 98.1 cm³/mol. The van der Waals surface area contributed by atoms with Crippen molar-refractivity contribution in [3.05, 3.63) is 35.4 Å². The third kappa shape index (κ3) is 5.91. The maximum absolute atomic E-state index is 11.8. The van der Waals surface area contributed by atoms with Gasteiger partial charge >= 0.3 is 0 Å². The molecule has 1 aromatic carbocycles. The van der Waals surface area contributed by atoms with E-state index < -0.39 is 0 Å². The first kappa shape index (κ1) is 19.7. The molecule has 0 heterocycles. The Morgan fingerprint density at radius 2 is 1.67 bits per heavy atom. The van der Waals surface area contributed by atoms with Crippen molar-refractivity contribution >= 4 is 35.8 Å². The summed E-state index contributed by atoms with van der Waals surface area (Å²) < 4.78 is 0. The smallest absolute Gasteiger partial charge is 0.253 e. The number of carbonyl (C=O) groups is 1. The van der Waals surface area contributed by atoms with Crippen molar-refractivity contribution in [3.63, 3.8) is 0 Å². The second kappa shape index (κ2) is 9.59. The van der Waals surface area contributed by atoms with Gasteiger partial charge in [0.2, 0.25) is 0 Å². The number of carbonyl (C=O) groups excluding carboxylic acids is 1. The van der Waals surface area contributed by atoms with Crippen LogP contribution in [0.15, 0.2) is 29.3 Å². The summed E-state index contributed by atoms with van der Waals surface area (Å²) in [5.74, 6) is 0.561. The average molecular weight is 404 g/mol. The molecule has 2 N–H and O–H groups in total. The van der Waals surface area contributed by atoms with Crippen molar-refractivity contribution < 1.29 is 4.79 Å². The van der Waals surface area contributed by atoms with Crippen LogP contribution < -0.4 is 5.73 Å². The van der Waals surface area contributed by atoms with Gasteiger partial charge in [0.05, 0.1) is 6.54 Å².